The summed E-state index contributed by atoms with van der Waals surface area (Å²) < 4.78 is 0. The van der Waals surface area contributed by atoms with Crippen LogP contribution in [-0.4, -0.2) is 5.91 Å². The van der Waals surface area contributed by atoms with Gasteiger partial charge in [0.25, 0.3) is 5.91 Å². The predicted octanol–water partition coefficient (Wildman–Crippen LogP) is 4.05. The molecule has 4 nitrogen and oxygen atoms in total. The van der Waals surface area contributed by atoms with Gasteiger partial charge in [0.2, 0.25) is 0 Å². The first-order valence-corrected chi connectivity index (χ1v) is 8.30. The molecule has 118 valence electrons. The van der Waals surface area contributed by atoms with Crippen LogP contribution in [0.3, 0.4) is 0 Å². The molecule has 0 saturated heterocycles. The molecule has 0 spiro atoms. The van der Waals surface area contributed by atoms with Gasteiger partial charge in [0.1, 0.15) is 0 Å². The quantitative estimate of drug-likeness (QED) is 0.732. The third-order valence-electron chi connectivity index (χ3n) is 3.64. The number of thiophene rings is 1. The van der Waals surface area contributed by atoms with E-state index in [0.717, 1.165) is 11.3 Å². The highest BCUT2D eigenvalue weighted by Gasteiger charge is 2.18. The van der Waals surface area contributed by atoms with Gasteiger partial charge in [-0.2, -0.15) is 16.6 Å². The van der Waals surface area contributed by atoms with Gasteiger partial charge >= 0.3 is 0 Å². The van der Waals surface area contributed by atoms with Crippen LogP contribution in [0.4, 0.5) is 11.4 Å². The van der Waals surface area contributed by atoms with Crippen LogP contribution < -0.4 is 10.6 Å². The van der Waals surface area contributed by atoms with Crippen LogP contribution in [0, 0.1) is 11.3 Å². The Bertz CT molecular complexity index is 862. The Balaban J connectivity index is 1.94. The van der Waals surface area contributed by atoms with Crippen LogP contribution in [-0.2, 0) is 6.54 Å². The molecule has 0 atom stereocenters. The van der Waals surface area contributed by atoms with E-state index in [-0.39, 0.29) is 5.91 Å². The lowest BCUT2D eigenvalue weighted by Gasteiger charge is -2.23. The maximum Gasteiger partial charge on any atom is 0.259 e. The summed E-state index contributed by atoms with van der Waals surface area (Å²) in [6.07, 6.45) is 0. The maximum atomic E-state index is 12.9. The second-order valence-electron chi connectivity index (χ2n) is 5.30. The lowest BCUT2D eigenvalue weighted by Crippen LogP contribution is -2.30. The molecule has 0 aliphatic carbocycles. The molecule has 0 aliphatic heterocycles. The fraction of sp³-hybridized carbons (Fsp3) is 0.0526. The lowest BCUT2D eigenvalue weighted by atomic mass is 10.1. The van der Waals surface area contributed by atoms with E-state index in [0.29, 0.717) is 23.4 Å². The summed E-state index contributed by atoms with van der Waals surface area (Å²) >= 11 is 1.49. The van der Waals surface area contributed by atoms with Crippen LogP contribution >= 0.6 is 11.3 Å². The van der Waals surface area contributed by atoms with Gasteiger partial charge in [-0.15, -0.1) is 0 Å². The standard InChI is InChI=1S/C19H15N3OS/c20-11-14-3-7-18(8-4-14)22(19(23)16-9-10-24-13-16)12-15-1-5-17(21)6-2-15/h1-10,13H,12,21H2. The second-order valence-corrected chi connectivity index (χ2v) is 6.08. The highest BCUT2D eigenvalue weighted by molar-refractivity contribution is 7.08. The fourth-order valence-electron chi connectivity index (χ4n) is 2.34. The van der Waals surface area contributed by atoms with E-state index in [2.05, 4.69) is 6.07 Å². The maximum absolute atomic E-state index is 12.9. The van der Waals surface area contributed by atoms with Crippen molar-refractivity contribution in [3.05, 3.63) is 82.0 Å². The van der Waals surface area contributed by atoms with Crippen LogP contribution in [0.2, 0.25) is 0 Å². The normalized spacial score (nSPS) is 10.1. The highest BCUT2D eigenvalue weighted by Crippen LogP contribution is 2.22. The van der Waals surface area contributed by atoms with Crippen LogP contribution in [0.1, 0.15) is 21.5 Å². The number of carbonyl (C=O) groups is 1. The molecular weight excluding hydrogens is 318 g/mol. The van der Waals surface area contributed by atoms with Crippen molar-refractivity contribution in [2.24, 2.45) is 0 Å². The Morgan fingerprint density at radius 2 is 1.79 bits per heavy atom. The summed E-state index contributed by atoms with van der Waals surface area (Å²) in [6, 6.07) is 18.4. The van der Waals surface area contributed by atoms with Crippen molar-refractivity contribution < 1.29 is 4.79 Å². The smallest absolute Gasteiger partial charge is 0.259 e. The van der Waals surface area contributed by atoms with Crippen molar-refractivity contribution in [2.75, 3.05) is 10.6 Å². The molecule has 24 heavy (non-hydrogen) atoms. The van der Waals surface area contributed by atoms with Gasteiger partial charge in [-0.1, -0.05) is 12.1 Å². The largest absolute Gasteiger partial charge is 0.399 e. The molecular formula is C19H15N3OS. The van der Waals surface area contributed by atoms with E-state index in [9.17, 15) is 4.79 Å². The lowest BCUT2D eigenvalue weighted by molar-refractivity contribution is 0.0985. The molecule has 1 amide bonds. The van der Waals surface area contributed by atoms with Gasteiger partial charge in [0.15, 0.2) is 0 Å². The van der Waals surface area contributed by atoms with Crippen molar-refractivity contribution in [1.82, 2.24) is 0 Å². The van der Waals surface area contributed by atoms with Crippen molar-refractivity contribution in [3.8, 4) is 6.07 Å². The molecule has 0 aliphatic rings. The minimum absolute atomic E-state index is 0.0715. The summed E-state index contributed by atoms with van der Waals surface area (Å²) in [5.74, 6) is -0.0715. The molecule has 0 saturated carbocycles. The summed E-state index contributed by atoms with van der Waals surface area (Å²) in [4.78, 5) is 14.6. The monoisotopic (exact) mass is 333 g/mol. The number of nitriles is 1. The minimum atomic E-state index is -0.0715. The van der Waals surface area contributed by atoms with E-state index in [4.69, 9.17) is 11.0 Å². The van der Waals surface area contributed by atoms with Crippen molar-refractivity contribution in [3.63, 3.8) is 0 Å². The Morgan fingerprint density at radius 1 is 1.08 bits per heavy atom. The Morgan fingerprint density at radius 3 is 2.38 bits per heavy atom. The van der Waals surface area contributed by atoms with Crippen molar-refractivity contribution in [2.45, 2.75) is 6.54 Å². The summed E-state index contributed by atoms with van der Waals surface area (Å²) in [7, 11) is 0. The summed E-state index contributed by atoms with van der Waals surface area (Å²) in [6.45, 7) is 0.431. The van der Waals surface area contributed by atoms with Gasteiger partial charge in [-0.25, -0.2) is 0 Å². The number of nitrogen functional groups attached to an aromatic ring is 1. The number of amides is 1. The number of nitrogens with zero attached hydrogens (tertiary/aromatic N) is 2. The number of hydrogen-bond acceptors (Lipinski definition) is 4. The summed E-state index contributed by atoms with van der Waals surface area (Å²) in [5.41, 5.74) is 9.37. The van der Waals surface area contributed by atoms with E-state index in [1.165, 1.54) is 11.3 Å². The van der Waals surface area contributed by atoms with Gasteiger partial charge in [0, 0.05) is 16.8 Å². The number of benzene rings is 2. The minimum Gasteiger partial charge on any atom is -0.399 e. The molecule has 1 aromatic heterocycles. The number of hydrogen-bond donors (Lipinski definition) is 1. The molecule has 2 N–H and O–H groups in total. The molecule has 0 bridgehead atoms. The Labute approximate surface area is 144 Å². The average molecular weight is 333 g/mol. The molecule has 3 aromatic rings. The van der Waals surface area contributed by atoms with Crippen LogP contribution in [0.25, 0.3) is 0 Å². The predicted molar refractivity (Wildman–Crippen MR) is 96.8 cm³/mol. The zero-order chi connectivity index (χ0) is 16.9. The van der Waals surface area contributed by atoms with Crippen molar-refractivity contribution >= 4 is 28.6 Å². The molecule has 1 heterocycles. The van der Waals surface area contributed by atoms with Gasteiger partial charge in [-0.3, -0.25) is 4.79 Å². The third kappa shape index (κ3) is 3.45. The number of anilines is 2. The second kappa shape index (κ2) is 6.99. The van der Waals surface area contributed by atoms with Gasteiger partial charge < -0.3 is 10.6 Å². The molecule has 0 radical (unpaired) electrons. The molecule has 0 fully saturated rings. The Hall–Kier alpha value is -3.10. The van der Waals surface area contributed by atoms with E-state index >= 15 is 0 Å². The first-order chi connectivity index (χ1) is 11.7. The fourth-order valence-corrected chi connectivity index (χ4v) is 2.97. The number of nitrogens with two attached hydrogens (primary N) is 1. The topological polar surface area (TPSA) is 70.1 Å². The van der Waals surface area contributed by atoms with Gasteiger partial charge in [-0.05, 0) is 53.4 Å². The molecule has 3 rings (SSSR count). The van der Waals surface area contributed by atoms with Gasteiger partial charge in [0.05, 0.1) is 23.7 Å². The Kier molecular flexibility index (Phi) is 4.59. The zero-order valence-corrected chi connectivity index (χ0v) is 13.7. The summed E-state index contributed by atoms with van der Waals surface area (Å²) in [5, 5.41) is 12.7. The van der Waals surface area contributed by atoms with Crippen LogP contribution in [0.5, 0.6) is 0 Å². The van der Waals surface area contributed by atoms with E-state index < -0.39 is 0 Å². The average Bonchev–Trinajstić information content (AvgIpc) is 3.15. The molecule has 2 aromatic carbocycles. The number of carbonyl (C=O) groups excluding carboxylic acids is 1. The molecule has 0 unspecified atom stereocenters. The van der Waals surface area contributed by atoms with Crippen LogP contribution in [0.15, 0.2) is 65.4 Å². The first kappa shape index (κ1) is 15.8. The zero-order valence-electron chi connectivity index (χ0n) is 12.8. The molecule has 5 heteroatoms. The van der Waals surface area contributed by atoms with E-state index in [1.54, 1.807) is 29.2 Å². The third-order valence-corrected chi connectivity index (χ3v) is 4.32. The first-order valence-electron chi connectivity index (χ1n) is 7.36. The highest BCUT2D eigenvalue weighted by atomic mass is 32.1. The van der Waals surface area contributed by atoms with Crippen molar-refractivity contribution in [1.29, 1.82) is 5.26 Å². The van der Waals surface area contributed by atoms with E-state index in [1.807, 2.05) is 41.1 Å². The number of rotatable bonds is 4. The SMILES string of the molecule is N#Cc1ccc(N(Cc2ccc(N)cc2)C(=O)c2ccsc2)cc1.